The van der Waals surface area contributed by atoms with E-state index in [4.69, 9.17) is 4.84 Å². The SMILES string of the molecule is O=CC(C=O)(Cc1ccccc1)ONc1ccccc1. The Balaban J connectivity index is 2.09. The van der Waals surface area contributed by atoms with Crippen LogP contribution < -0.4 is 5.48 Å². The molecule has 0 aliphatic heterocycles. The third kappa shape index (κ3) is 3.52. The Labute approximate surface area is 117 Å². The van der Waals surface area contributed by atoms with Crippen LogP contribution in [0.2, 0.25) is 0 Å². The molecule has 0 atom stereocenters. The summed E-state index contributed by atoms with van der Waals surface area (Å²) < 4.78 is 0. The zero-order chi connectivity index (χ0) is 14.3. The van der Waals surface area contributed by atoms with Gasteiger partial charge in [-0.3, -0.25) is 19.9 Å². The number of benzene rings is 2. The van der Waals surface area contributed by atoms with E-state index in [-0.39, 0.29) is 6.42 Å². The summed E-state index contributed by atoms with van der Waals surface area (Å²) in [5.41, 5.74) is 2.64. The quantitative estimate of drug-likeness (QED) is 0.476. The second kappa shape index (κ2) is 6.63. The van der Waals surface area contributed by atoms with Crippen LogP contribution >= 0.6 is 0 Å². The van der Waals surface area contributed by atoms with Gasteiger partial charge in [0.05, 0.1) is 5.69 Å². The van der Waals surface area contributed by atoms with Gasteiger partial charge >= 0.3 is 0 Å². The van der Waals surface area contributed by atoms with Crippen LogP contribution in [0, 0.1) is 0 Å². The lowest BCUT2D eigenvalue weighted by Gasteiger charge is -2.22. The third-order valence-corrected chi connectivity index (χ3v) is 2.85. The molecule has 20 heavy (non-hydrogen) atoms. The lowest BCUT2D eigenvalue weighted by atomic mass is 9.97. The molecule has 1 N–H and O–H groups in total. The van der Waals surface area contributed by atoms with Crippen LogP contribution in [0.25, 0.3) is 0 Å². The molecule has 102 valence electrons. The number of carbonyl (C=O) groups excluding carboxylic acids is 2. The molecule has 2 rings (SSSR count). The first kappa shape index (κ1) is 14.0. The lowest BCUT2D eigenvalue weighted by Crippen LogP contribution is -2.40. The van der Waals surface area contributed by atoms with Gasteiger partial charge in [0.2, 0.25) is 5.60 Å². The molecular weight excluding hydrogens is 254 g/mol. The molecule has 0 amide bonds. The predicted octanol–water partition coefficient (Wildman–Crippen LogP) is 2.41. The topological polar surface area (TPSA) is 55.4 Å². The summed E-state index contributed by atoms with van der Waals surface area (Å²) >= 11 is 0. The fraction of sp³-hybridized carbons (Fsp3) is 0.125. The van der Waals surface area contributed by atoms with Crippen LogP contribution in [-0.2, 0) is 20.8 Å². The van der Waals surface area contributed by atoms with E-state index in [0.29, 0.717) is 18.3 Å². The molecule has 4 nitrogen and oxygen atoms in total. The summed E-state index contributed by atoms with van der Waals surface area (Å²) in [6.45, 7) is 0. The Hall–Kier alpha value is -2.46. The molecule has 0 fully saturated rings. The number of aldehydes is 2. The second-order valence-electron chi connectivity index (χ2n) is 4.42. The van der Waals surface area contributed by atoms with Gasteiger partial charge in [-0.2, -0.15) is 0 Å². The van der Waals surface area contributed by atoms with Crippen molar-refractivity contribution < 1.29 is 14.4 Å². The third-order valence-electron chi connectivity index (χ3n) is 2.85. The molecule has 0 aliphatic rings. The van der Waals surface area contributed by atoms with E-state index in [1.807, 2.05) is 48.5 Å². The molecule has 2 aromatic carbocycles. The predicted molar refractivity (Wildman–Crippen MR) is 76.2 cm³/mol. The van der Waals surface area contributed by atoms with E-state index in [2.05, 4.69) is 5.48 Å². The number of hydrogen-bond donors (Lipinski definition) is 1. The van der Waals surface area contributed by atoms with Gasteiger partial charge in [-0.05, 0) is 17.7 Å². The Kier molecular flexibility index (Phi) is 4.63. The Bertz CT molecular complexity index is 546. The van der Waals surface area contributed by atoms with Gasteiger partial charge < -0.3 is 0 Å². The minimum absolute atomic E-state index is 0.181. The average molecular weight is 269 g/mol. The molecule has 0 aromatic heterocycles. The summed E-state index contributed by atoms with van der Waals surface area (Å²) in [6.07, 6.45) is 1.21. The van der Waals surface area contributed by atoms with E-state index in [0.717, 1.165) is 5.56 Å². The maximum Gasteiger partial charge on any atom is 0.209 e. The van der Waals surface area contributed by atoms with Crippen molar-refractivity contribution in [1.29, 1.82) is 0 Å². The highest BCUT2D eigenvalue weighted by atomic mass is 16.7. The normalized spacial score (nSPS) is 10.8. The van der Waals surface area contributed by atoms with Gasteiger partial charge in [-0.15, -0.1) is 0 Å². The number of para-hydroxylation sites is 1. The van der Waals surface area contributed by atoms with E-state index in [1.165, 1.54) is 0 Å². The standard InChI is InChI=1S/C16H15NO3/c18-12-16(13-19,11-14-7-3-1-4-8-14)20-17-15-9-5-2-6-10-15/h1-10,12-13,17H,11H2. The second-order valence-corrected chi connectivity index (χ2v) is 4.42. The van der Waals surface area contributed by atoms with E-state index >= 15 is 0 Å². The summed E-state index contributed by atoms with van der Waals surface area (Å²) in [4.78, 5) is 27.9. The summed E-state index contributed by atoms with van der Waals surface area (Å²) in [7, 11) is 0. The fourth-order valence-electron chi connectivity index (χ4n) is 1.77. The molecule has 4 heteroatoms. The van der Waals surface area contributed by atoms with Crippen LogP contribution in [0.1, 0.15) is 5.56 Å². The van der Waals surface area contributed by atoms with Gasteiger partial charge in [0, 0.05) is 6.42 Å². The van der Waals surface area contributed by atoms with Crippen molar-refractivity contribution in [3.8, 4) is 0 Å². The zero-order valence-electron chi connectivity index (χ0n) is 10.9. The minimum atomic E-state index is -1.53. The van der Waals surface area contributed by atoms with E-state index in [1.54, 1.807) is 12.1 Å². The summed E-state index contributed by atoms with van der Waals surface area (Å²) in [6, 6.07) is 18.3. The number of rotatable bonds is 7. The van der Waals surface area contributed by atoms with Crippen molar-refractivity contribution in [3.63, 3.8) is 0 Å². The van der Waals surface area contributed by atoms with Crippen molar-refractivity contribution in [2.24, 2.45) is 0 Å². The molecule has 0 spiro atoms. The molecule has 0 radical (unpaired) electrons. The van der Waals surface area contributed by atoms with Gasteiger partial charge in [0.15, 0.2) is 12.6 Å². The van der Waals surface area contributed by atoms with Crippen LogP contribution in [0.5, 0.6) is 0 Å². The van der Waals surface area contributed by atoms with Gasteiger partial charge in [-0.1, -0.05) is 48.5 Å². The van der Waals surface area contributed by atoms with Crippen molar-refractivity contribution in [1.82, 2.24) is 0 Å². The number of carbonyl (C=O) groups is 2. The Morgan fingerprint density at radius 1 is 0.900 bits per heavy atom. The van der Waals surface area contributed by atoms with Crippen molar-refractivity contribution >= 4 is 18.3 Å². The molecule has 0 saturated heterocycles. The van der Waals surface area contributed by atoms with Crippen LogP contribution in [0.15, 0.2) is 60.7 Å². The minimum Gasteiger partial charge on any atom is -0.299 e. The zero-order valence-corrected chi connectivity index (χ0v) is 10.9. The summed E-state index contributed by atoms with van der Waals surface area (Å²) in [5, 5.41) is 0. The first-order chi connectivity index (χ1) is 9.78. The van der Waals surface area contributed by atoms with Crippen LogP contribution in [-0.4, -0.2) is 18.2 Å². The first-order valence-electron chi connectivity index (χ1n) is 6.24. The molecule has 0 heterocycles. The molecule has 0 saturated carbocycles. The lowest BCUT2D eigenvalue weighted by molar-refractivity contribution is -0.138. The van der Waals surface area contributed by atoms with Gasteiger partial charge in [0.25, 0.3) is 0 Å². The van der Waals surface area contributed by atoms with Crippen LogP contribution in [0.3, 0.4) is 0 Å². The van der Waals surface area contributed by atoms with Crippen molar-refractivity contribution in [2.45, 2.75) is 12.0 Å². The molecule has 0 unspecified atom stereocenters. The first-order valence-corrected chi connectivity index (χ1v) is 6.24. The highest BCUT2D eigenvalue weighted by Gasteiger charge is 2.32. The van der Waals surface area contributed by atoms with E-state index < -0.39 is 5.60 Å². The Morgan fingerprint density at radius 2 is 1.45 bits per heavy atom. The largest absolute Gasteiger partial charge is 0.299 e. The highest BCUT2D eigenvalue weighted by molar-refractivity contribution is 5.88. The molecular formula is C16H15NO3. The molecule has 0 aliphatic carbocycles. The monoisotopic (exact) mass is 269 g/mol. The smallest absolute Gasteiger partial charge is 0.209 e. The fourth-order valence-corrected chi connectivity index (χ4v) is 1.77. The van der Waals surface area contributed by atoms with E-state index in [9.17, 15) is 9.59 Å². The highest BCUT2D eigenvalue weighted by Crippen LogP contribution is 2.16. The van der Waals surface area contributed by atoms with Crippen LogP contribution in [0.4, 0.5) is 5.69 Å². The molecule has 0 bridgehead atoms. The maximum absolute atomic E-state index is 11.3. The molecule has 2 aromatic rings. The van der Waals surface area contributed by atoms with Crippen molar-refractivity contribution in [3.05, 3.63) is 66.2 Å². The van der Waals surface area contributed by atoms with Gasteiger partial charge in [-0.25, -0.2) is 0 Å². The Morgan fingerprint density at radius 3 is 2.00 bits per heavy atom. The average Bonchev–Trinajstić information content (AvgIpc) is 2.53. The number of hydrogen-bond acceptors (Lipinski definition) is 4. The van der Waals surface area contributed by atoms with Gasteiger partial charge in [0.1, 0.15) is 0 Å². The number of nitrogens with one attached hydrogen (secondary N) is 1. The number of anilines is 1. The maximum atomic E-state index is 11.3. The summed E-state index contributed by atoms with van der Waals surface area (Å²) in [5.74, 6) is 0. The van der Waals surface area contributed by atoms with Crippen molar-refractivity contribution in [2.75, 3.05) is 5.48 Å².